The first-order valence-corrected chi connectivity index (χ1v) is 7.56. The summed E-state index contributed by atoms with van der Waals surface area (Å²) in [6.45, 7) is 9.78. The van der Waals surface area contributed by atoms with E-state index in [0.717, 1.165) is 0 Å². The van der Waals surface area contributed by atoms with Crippen LogP contribution in [-0.2, 0) is 0 Å². The first-order valence-electron chi connectivity index (χ1n) is 6.81. The van der Waals surface area contributed by atoms with Crippen LogP contribution in [0.5, 0.6) is 0 Å². The Bertz CT molecular complexity index is 451. The van der Waals surface area contributed by atoms with E-state index in [9.17, 15) is 4.79 Å². The molecule has 0 heterocycles. The van der Waals surface area contributed by atoms with E-state index in [4.69, 9.17) is 23.2 Å². The fourth-order valence-electron chi connectivity index (χ4n) is 1.92. The number of nitrogens with zero attached hydrogens (tertiary/aromatic N) is 1. The Morgan fingerprint density at radius 3 is 2.20 bits per heavy atom. The number of nitrogens with one attached hydrogen (secondary N) is 1. The molecule has 0 aliphatic carbocycles. The van der Waals surface area contributed by atoms with Crippen molar-refractivity contribution in [3.63, 3.8) is 0 Å². The molecule has 0 radical (unpaired) electrons. The molecule has 3 nitrogen and oxygen atoms in total. The average Bonchev–Trinajstić information content (AvgIpc) is 2.33. The quantitative estimate of drug-likeness (QED) is 0.801. The molecule has 1 aromatic carbocycles. The van der Waals surface area contributed by atoms with Crippen molar-refractivity contribution in [3.8, 4) is 0 Å². The van der Waals surface area contributed by atoms with Crippen LogP contribution in [0.2, 0.25) is 10.0 Å². The van der Waals surface area contributed by atoms with Gasteiger partial charge in [-0.25, -0.2) is 4.79 Å². The van der Waals surface area contributed by atoms with Crippen molar-refractivity contribution in [1.82, 2.24) is 4.90 Å². The predicted molar refractivity (Wildman–Crippen MR) is 86.7 cm³/mol. The summed E-state index contributed by atoms with van der Waals surface area (Å²) in [5.74, 6) is 0.823. The van der Waals surface area contributed by atoms with Crippen molar-refractivity contribution in [2.75, 3.05) is 18.4 Å². The van der Waals surface area contributed by atoms with E-state index in [1.165, 1.54) is 0 Å². The molecule has 1 rings (SSSR count). The van der Waals surface area contributed by atoms with Crippen LogP contribution in [0.4, 0.5) is 10.5 Å². The maximum absolute atomic E-state index is 12.4. The molecule has 0 aliphatic rings. The molecule has 112 valence electrons. The summed E-state index contributed by atoms with van der Waals surface area (Å²) in [5.41, 5.74) is 0.543. The molecule has 0 unspecified atom stereocenters. The fraction of sp³-hybridized carbons (Fsp3) is 0.533. The Labute approximate surface area is 131 Å². The van der Waals surface area contributed by atoms with Crippen molar-refractivity contribution >= 4 is 34.9 Å². The van der Waals surface area contributed by atoms with Gasteiger partial charge in [-0.3, -0.25) is 0 Å². The molecular weight excluding hydrogens is 295 g/mol. The van der Waals surface area contributed by atoms with Crippen molar-refractivity contribution < 1.29 is 4.79 Å². The first kappa shape index (κ1) is 17.1. The highest BCUT2D eigenvalue weighted by molar-refractivity contribution is 6.43. The summed E-state index contributed by atoms with van der Waals surface area (Å²) in [7, 11) is 0. The van der Waals surface area contributed by atoms with Gasteiger partial charge >= 0.3 is 6.03 Å². The Hall–Kier alpha value is -0.930. The molecule has 20 heavy (non-hydrogen) atoms. The highest BCUT2D eigenvalue weighted by Gasteiger charge is 2.17. The lowest BCUT2D eigenvalue weighted by atomic mass is 10.1. The summed E-state index contributed by atoms with van der Waals surface area (Å²) < 4.78 is 0. The predicted octanol–water partition coefficient (Wildman–Crippen LogP) is 5.14. The minimum absolute atomic E-state index is 0.142. The zero-order valence-electron chi connectivity index (χ0n) is 12.4. The van der Waals surface area contributed by atoms with Gasteiger partial charge in [-0.1, -0.05) is 57.0 Å². The monoisotopic (exact) mass is 316 g/mol. The number of urea groups is 1. The third-order valence-electron chi connectivity index (χ3n) is 2.65. The topological polar surface area (TPSA) is 32.3 Å². The highest BCUT2D eigenvalue weighted by Crippen LogP contribution is 2.29. The van der Waals surface area contributed by atoms with E-state index in [1.54, 1.807) is 18.2 Å². The third-order valence-corrected chi connectivity index (χ3v) is 3.47. The summed E-state index contributed by atoms with van der Waals surface area (Å²) in [5, 5.41) is 3.64. The zero-order chi connectivity index (χ0) is 15.3. The number of amides is 2. The van der Waals surface area contributed by atoms with Crippen molar-refractivity contribution in [1.29, 1.82) is 0 Å². The first-order chi connectivity index (χ1) is 9.31. The molecule has 1 aromatic rings. The lowest BCUT2D eigenvalue weighted by Gasteiger charge is -2.26. The minimum Gasteiger partial charge on any atom is -0.324 e. The second-order valence-electron chi connectivity index (χ2n) is 5.72. The highest BCUT2D eigenvalue weighted by atomic mass is 35.5. The van der Waals surface area contributed by atoms with Gasteiger partial charge in [-0.15, -0.1) is 0 Å². The summed E-state index contributed by atoms with van der Waals surface area (Å²) in [6, 6.07) is 5.06. The molecule has 0 fully saturated rings. The number of carbonyl (C=O) groups excluding carboxylic acids is 1. The number of rotatable bonds is 5. The van der Waals surface area contributed by atoms with Gasteiger partial charge in [-0.05, 0) is 24.0 Å². The molecule has 5 heteroatoms. The lowest BCUT2D eigenvalue weighted by Crippen LogP contribution is -2.39. The number of hydrogen-bond donors (Lipinski definition) is 1. The Morgan fingerprint density at radius 2 is 1.70 bits per heavy atom. The van der Waals surface area contributed by atoms with E-state index < -0.39 is 0 Å². The number of halogens is 2. The Balaban J connectivity index is 2.82. The second-order valence-corrected chi connectivity index (χ2v) is 6.51. The summed E-state index contributed by atoms with van der Waals surface area (Å²) in [6.07, 6.45) is 0. The molecule has 0 saturated carbocycles. The van der Waals surface area contributed by atoms with Crippen molar-refractivity contribution in [3.05, 3.63) is 28.2 Å². The molecule has 0 aliphatic heterocycles. The minimum atomic E-state index is -0.142. The van der Waals surface area contributed by atoms with Gasteiger partial charge in [0, 0.05) is 13.1 Å². The maximum Gasteiger partial charge on any atom is 0.321 e. The van der Waals surface area contributed by atoms with E-state index in [2.05, 4.69) is 33.0 Å². The summed E-state index contributed by atoms with van der Waals surface area (Å²) >= 11 is 12.0. The zero-order valence-corrected chi connectivity index (χ0v) is 13.9. The molecule has 0 atom stereocenters. The van der Waals surface area contributed by atoms with Crippen LogP contribution in [0.15, 0.2) is 18.2 Å². The fourth-order valence-corrected chi connectivity index (χ4v) is 2.26. The molecule has 2 amide bonds. The summed E-state index contributed by atoms with van der Waals surface area (Å²) in [4.78, 5) is 14.2. The van der Waals surface area contributed by atoms with Crippen molar-refractivity contribution in [2.45, 2.75) is 27.7 Å². The molecule has 0 bridgehead atoms. The van der Waals surface area contributed by atoms with Gasteiger partial charge in [0.1, 0.15) is 0 Å². The van der Waals surface area contributed by atoms with Gasteiger partial charge < -0.3 is 10.2 Å². The van der Waals surface area contributed by atoms with Gasteiger partial charge in [-0.2, -0.15) is 0 Å². The molecular formula is C15H22Cl2N2O. The number of benzene rings is 1. The van der Waals surface area contributed by atoms with E-state index in [-0.39, 0.29) is 6.03 Å². The van der Waals surface area contributed by atoms with Crippen LogP contribution in [-0.4, -0.2) is 24.0 Å². The SMILES string of the molecule is CC(C)CN(CC(C)C)C(=O)Nc1cccc(Cl)c1Cl. The average molecular weight is 317 g/mol. The van der Waals surface area contributed by atoms with Crippen LogP contribution in [0.1, 0.15) is 27.7 Å². The molecule has 0 saturated heterocycles. The van der Waals surface area contributed by atoms with E-state index >= 15 is 0 Å². The van der Waals surface area contributed by atoms with Gasteiger partial charge in [0.05, 0.1) is 15.7 Å². The number of hydrogen-bond acceptors (Lipinski definition) is 1. The van der Waals surface area contributed by atoms with Crippen LogP contribution < -0.4 is 5.32 Å². The van der Waals surface area contributed by atoms with Crippen LogP contribution >= 0.6 is 23.2 Å². The van der Waals surface area contributed by atoms with Crippen molar-refractivity contribution in [2.24, 2.45) is 11.8 Å². The van der Waals surface area contributed by atoms with Crippen LogP contribution in [0.25, 0.3) is 0 Å². The normalized spacial score (nSPS) is 11.0. The largest absolute Gasteiger partial charge is 0.324 e. The number of anilines is 1. The van der Waals surface area contributed by atoms with Gasteiger partial charge in [0.2, 0.25) is 0 Å². The lowest BCUT2D eigenvalue weighted by molar-refractivity contribution is 0.196. The smallest absolute Gasteiger partial charge is 0.321 e. The number of carbonyl (C=O) groups is 1. The van der Waals surface area contributed by atoms with E-state index in [0.29, 0.717) is 40.7 Å². The van der Waals surface area contributed by atoms with Crippen LogP contribution in [0, 0.1) is 11.8 Å². The van der Waals surface area contributed by atoms with Crippen LogP contribution in [0.3, 0.4) is 0 Å². The van der Waals surface area contributed by atoms with E-state index in [1.807, 2.05) is 4.90 Å². The molecule has 0 spiro atoms. The Morgan fingerprint density at radius 1 is 1.15 bits per heavy atom. The van der Waals surface area contributed by atoms with Gasteiger partial charge in [0.25, 0.3) is 0 Å². The Kier molecular flexibility index (Phi) is 6.63. The van der Waals surface area contributed by atoms with Gasteiger partial charge in [0.15, 0.2) is 0 Å². The molecule has 1 N–H and O–H groups in total. The molecule has 0 aromatic heterocycles. The standard InChI is InChI=1S/C15H22Cl2N2O/c1-10(2)8-19(9-11(3)4)15(20)18-13-7-5-6-12(16)14(13)17/h5-7,10-11H,8-9H2,1-4H3,(H,18,20). The second kappa shape index (κ2) is 7.75. The maximum atomic E-state index is 12.4. The third kappa shape index (κ3) is 5.22.